The summed E-state index contributed by atoms with van der Waals surface area (Å²) in [5.41, 5.74) is 4.07. The highest BCUT2D eigenvalue weighted by Crippen LogP contribution is 2.45. The number of nitrogens with zero attached hydrogens (tertiary/aromatic N) is 2. The number of carbonyl (C=O) groups excluding carboxylic acids is 2. The first kappa shape index (κ1) is 26.6. The van der Waals surface area contributed by atoms with Crippen LogP contribution in [-0.2, 0) is 15.0 Å². The highest BCUT2D eigenvalue weighted by atomic mass is 32.1. The zero-order valence-corrected chi connectivity index (χ0v) is 23.6. The minimum atomic E-state index is -0.833. The number of aliphatic hydroxyl groups is 1. The lowest BCUT2D eigenvalue weighted by molar-refractivity contribution is -0.132. The van der Waals surface area contributed by atoms with Crippen LogP contribution in [0, 0.1) is 6.92 Å². The first-order valence-corrected chi connectivity index (χ1v) is 13.9. The molecule has 0 spiro atoms. The maximum atomic E-state index is 13.6. The molecule has 1 unspecified atom stereocenters. The van der Waals surface area contributed by atoms with E-state index in [9.17, 15) is 14.7 Å². The second-order valence-corrected chi connectivity index (χ2v) is 11.9. The van der Waals surface area contributed by atoms with Crippen molar-refractivity contribution in [3.8, 4) is 5.75 Å². The van der Waals surface area contributed by atoms with Gasteiger partial charge in [-0.3, -0.25) is 14.5 Å². The number of aliphatic hydroxyl groups excluding tert-OH is 1. The number of aryl methyl sites for hydroxylation is 1. The van der Waals surface area contributed by atoms with Crippen LogP contribution < -0.4 is 9.64 Å². The number of benzene rings is 3. The molecular formula is C32H32N2O4S. The minimum absolute atomic E-state index is 0.0339. The lowest BCUT2D eigenvalue weighted by Crippen LogP contribution is -2.29. The topological polar surface area (TPSA) is 79.7 Å². The summed E-state index contributed by atoms with van der Waals surface area (Å²) in [5.74, 6) is -1.11. The number of fused-ring (bicyclic) bond motifs is 1. The van der Waals surface area contributed by atoms with Gasteiger partial charge >= 0.3 is 5.91 Å². The Morgan fingerprint density at radius 2 is 1.79 bits per heavy atom. The Labute approximate surface area is 232 Å². The van der Waals surface area contributed by atoms with E-state index >= 15 is 0 Å². The van der Waals surface area contributed by atoms with Gasteiger partial charge in [0.25, 0.3) is 5.78 Å². The third-order valence-corrected chi connectivity index (χ3v) is 7.87. The Hall–Kier alpha value is -3.97. The van der Waals surface area contributed by atoms with Gasteiger partial charge in [-0.05, 0) is 59.7 Å². The highest BCUT2D eigenvalue weighted by molar-refractivity contribution is 7.22. The van der Waals surface area contributed by atoms with E-state index in [0.29, 0.717) is 23.1 Å². The summed E-state index contributed by atoms with van der Waals surface area (Å²) >= 11 is 1.36. The van der Waals surface area contributed by atoms with E-state index in [1.54, 1.807) is 24.3 Å². The Morgan fingerprint density at radius 3 is 2.49 bits per heavy atom. The summed E-state index contributed by atoms with van der Waals surface area (Å²) in [6.07, 6.45) is 0.841. The van der Waals surface area contributed by atoms with Gasteiger partial charge in [-0.15, -0.1) is 0 Å². The van der Waals surface area contributed by atoms with Crippen molar-refractivity contribution in [3.05, 3.63) is 94.6 Å². The molecule has 1 atom stereocenters. The average molecular weight is 541 g/mol. The lowest BCUT2D eigenvalue weighted by atomic mass is 9.85. The van der Waals surface area contributed by atoms with Crippen LogP contribution in [0.1, 0.15) is 62.4 Å². The molecule has 3 aromatic carbocycles. The number of rotatable bonds is 6. The van der Waals surface area contributed by atoms with Crippen LogP contribution >= 0.6 is 11.3 Å². The summed E-state index contributed by atoms with van der Waals surface area (Å²) in [5, 5.41) is 11.9. The van der Waals surface area contributed by atoms with Gasteiger partial charge in [0.2, 0.25) is 0 Å². The molecule has 0 bridgehead atoms. The number of anilines is 1. The number of ether oxygens (including phenoxy) is 1. The third-order valence-electron chi connectivity index (χ3n) is 6.86. The molecule has 6 nitrogen and oxygen atoms in total. The number of hydrogen-bond donors (Lipinski definition) is 1. The van der Waals surface area contributed by atoms with Crippen LogP contribution in [0.25, 0.3) is 16.0 Å². The molecule has 1 fully saturated rings. The first-order valence-electron chi connectivity index (χ1n) is 13.1. The molecule has 1 N–H and O–H groups in total. The molecule has 4 aromatic rings. The van der Waals surface area contributed by atoms with Gasteiger partial charge < -0.3 is 9.84 Å². The number of Topliss-reactive ketones (excluding diaryl/α,β-unsaturated/α-hetero) is 1. The van der Waals surface area contributed by atoms with E-state index < -0.39 is 17.7 Å². The molecule has 1 aromatic heterocycles. The molecule has 1 amide bonds. The smallest absolute Gasteiger partial charge is 0.301 e. The molecule has 1 aliphatic heterocycles. The van der Waals surface area contributed by atoms with Gasteiger partial charge in [0.1, 0.15) is 11.5 Å². The van der Waals surface area contributed by atoms with E-state index in [4.69, 9.17) is 9.72 Å². The zero-order chi connectivity index (χ0) is 27.9. The van der Waals surface area contributed by atoms with Crippen LogP contribution in [0.5, 0.6) is 5.75 Å². The van der Waals surface area contributed by atoms with Gasteiger partial charge in [0, 0.05) is 5.56 Å². The van der Waals surface area contributed by atoms with Crippen LogP contribution in [0.4, 0.5) is 5.13 Å². The van der Waals surface area contributed by atoms with E-state index in [-0.39, 0.29) is 16.7 Å². The average Bonchev–Trinajstić information content (AvgIpc) is 3.44. The van der Waals surface area contributed by atoms with Crippen LogP contribution in [-0.4, -0.2) is 28.4 Å². The predicted molar refractivity (Wildman–Crippen MR) is 157 cm³/mol. The van der Waals surface area contributed by atoms with Crippen molar-refractivity contribution in [2.45, 2.75) is 52.5 Å². The van der Waals surface area contributed by atoms with Crippen LogP contribution in [0.2, 0.25) is 0 Å². The normalized spacial score (nSPS) is 17.3. The van der Waals surface area contributed by atoms with E-state index in [1.807, 2.05) is 56.3 Å². The monoisotopic (exact) mass is 540 g/mol. The van der Waals surface area contributed by atoms with Gasteiger partial charge in [-0.2, -0.15) is 0 Å². The van der Waals surface area contributed by atoms with Gasteiger partial charge in [0.15, 0.2) is 5.13 Å². The largest absolute Gasteiger partial charge is 0.507 e. The summed E-state index contributed by atoms with van der Waals surface area (Å²) < 4.78 is 6.67. The SMILES string of the molecule is CCCOc1cccc(C(O)=C2C(=O)C(=O)N(c3nc4ccc(C)cc4s3)C2c2ccc(C(C)(C)C)cc2)c1. The van der Waals surface area contributed by atoms with Crippen molar-refractivity contribution in [1.82, 2.24) is 4.98 Å². The molecule has 0 aliphatic carbocycles. The Balaban J connectivity index is 1.68. The summed E-state index contributed by atoms with van der Waals surface area (Å²) in [6, 6.07) is 19.9. The number of hydrogen-bond acceptors (Lipinski definition) is 6. The summed E-state index contributed by atoms with van der Waals surface area (Å²) in [6.45, 7) is 10.9. The van der Waals surface area contributed by atoms with Crippen molar-refractivity contribution in [2.24, 2.45) is 0 Å². The van der Waals surface area contributed by atoms with Crippen LogP contribution in [0.3, 0.4) is 0 Å². The van der Waals surface area contributed by atoms with E-state index in [2.05, 4.69) is 20.8 Å². The number of ketones is 1. The Bertz CT molecular complexity index is 1590. The summed E-state index contributed by atoms with van der Waals surface area (Å²) in [4.78, 5) is 33.3. The second kappa shape index (κ2) is 10.3. The third kappa shape index (κ3) is 5.06. The van der Waals surface area contributed by atoms with Gasteiger partial charge in [-0.1, -0.05) is 81.5 Å². The molecular weight excluding hydrogens is 508 g/mol. The molecule has 7 heteroatoms. The minimum Gasteiger partial charge on any atom is -0.507 e. The van der Waals surface area contributed by atoms with Crippen molar-refractivity contribution in [2.75, 3.05) is 11.5 Å². The maximum absolute atomic E-state index is 13.6. The van der Waals surface area contributed by atoms with Gasteiger partial charge in [-0.25, -0.2) is 4.98 Å². The molecule has 0 radical (unpaired) electrons. The quantitative estimate of drug-likeness (QED) is 0.157. The van der Waals surface area contributed by atoms with Crippen molar-refractivity contribution < 1.29 is 19.4 Å². The standard InChI is InChI=1S/C32H32N2O4S/c1-6-16-38-23-9-7-8-21(18-23)28(35)26-27(20-11-13-22(14-12-20)32(3,4)5)34(30(37)29(26)36)31-33-24-15-10-19(2)17-25(24)39-31/h7-15,17-18,27,35H,6,16H2,1-5H3. The summed E-state index contributed by atoms with van der Waals surface area (Å²) in [7, 11) is 0. The number of carbonyl (C=O) groups is 2. The van der Waals surface area contributed by atoms with Crippen molar-refractivity contribution in [1.29, 1.82) is 0 Å². The molecule has 0 saturated carbocycles. The predicted octanol–water partition coefficient (Wildman–Crippen LogP) is 7.32. The fourth-order valence-electron chi connectivity index (χ4n) is 4.74. The fraction of sp³-hybridized carbons (Fsp3) is 0.281. The molecule has 5 rings (SSSR count). The van der Waals surface area contributed by atoms with Crippen molar-refractivity contribution >= 4 is 44.1 Å². The number of amides is 1. The number of thiazole rings is 1. The zero-order valence-electron chi connectivity index (χ0n) is 22.8. The molecule has 1 saturated heterocycles. The maximum Gasteiger partial charge on any atom is 0.301 e. The lowest BCUT2D eigenvalue weighted by Gasteiger charge is -2.24. The van der Waals surface area contributed by atoms with E-state index in [0.717, 1.165) is 33.3 Å². The second-order valence-electron chi connectivity index (χ2n) is 10.9. The fourth-order valence-corrected chi connectivity index (χ4v) is 5.83. The first-order chi connectivity index (χ1) is 18.6. The highest BCUT2D eigenvalue weighted by Gasteiger charge is 2.48. The van der Waals surface area contributed by atoms with Crippen LogP contribution in [0.15, 0.2) is 72.3 Å². The van der Waals surface area contributed by atoms with Crippen molar-refractivity contribution in [3.63, 3.8) is 0 Å². The molecule has 1 aliphatic rings. The Kier molecular flexibility index (Phi) is 7.03. The molecule has 39 heavy (non-hydrogen) atoms. The van der Waals surface area contributed by atoms with Gasteiger partial charge in [0.05, 0.1) is 28.4 Å². The molecule has 2 heterocycles. The molecule has 200 valence electrons. The number of aromatic nitrogens is 1. The Morgan fingerprint density at radius 1 is 1.05 bits per heavy atom. The van der Waals surface area contributed by atoms with E-state index in [1.165, 1.54) is 16.2 Å².